The quantitative estimate of drug-likeness (QED) is 0.290. The van der Waals surface area contributed by atoms with Gasteiger partial charge in [0.2, 0.25) is 35.1 Å². The topological polar surface area (TPSA) is 172 Å². The number of aliphatic hydroxyl groups excluding tert-OH is 1. The largest absolute Gasteiger partial charge is 0.497 e. The van der Waals surface area contributed by atoms with E-state index in [-0.39, 0.29) is 49.3 Å². The molecule has 1 aromatic rings. The molecule has 1 saturated heterocycles. The highest BCUT2D eigenvalue weighted by molar-refractivity contribution is 8.09. The number of ketones is 1. The van der Waals surface area contributed by atoms with Crippen LogP contribution < -0.4 is 4.74 Å². The minimum atomic E-state index is -4.75. The molecule has 0 radical (unpaired) electrons. The molecule has 2 fully saturated rings. The van der Waals surface area contributed by atoms with Gasteiger partial charge in [0.1, 0.15) is 5.75 Å². The summed E-state index contributed by atoms with van der Waals surface area (Å²) in [5, 5.41) is 7.00. The molecule has 0 bridgehead atoms. The number of rotatable bonds is 14. The average molecular weight is 665 g/mol. The Bertz CT molecular complexity index is 1480. The van der Waals surface area contributed by atoms with Crippen molar-refractivity contribution in [3.63, 3.8) is 0 Å². The number of Topliss-reactive ketones (excluding diaryl/α,β-unsaturated/α-hetero) is 1. The Labute approximate surface area is 255 Å². The Balaban J connectivity index is 1.84. The van der Waals surface area contributed by atoms with Gasteiger partial charge in [-0.3, -0.25) is 9.59 Å². The summed E-state index contributed by atoms with van der Waals surface area (Å²) in [7, 11) is -11.9. The fraction of sp³-hybridized carbons (Fsp3) is 0.714. The summed E-state index contributed by atoms with van der Waals surface area (Å²) in [6.45, 7) is 5.50. The number of methoxy groups -OCH3 is 1. The number of ether oxygens (including phenoxy) is 1. The molecule has 1 heterocycles. The summed E-state index contributed by atoms with van der Waals surface area (Å²) in [5.41, 5.74) is 0. The summed E-state index contributed by atoms with van der Waals surface area (Å²) in [5.74, 6) is -0.643. The van der Waals surface area contributed by atoms with Crippen LogP contribution in [0, 0.1) is 11.8 Å². The van der Waals surface area contributed by atoms with Crippen LogP contribution in [0.4, 0.5) is 0 Å². The first-order valence-electron chi connectivity index (χ1n) is 14.5. The molecule has 1 aliphatic heterocycles. The molecule has 0 amide bonds. The molecular formula is C28H44N2O10S3. The van der Waals surface area contributed by atoms with Crippen molar-refractivity contribution < 1.29 is 44.7 Å². The fourth-order valence-corrected chi connectivity index (χ4v) is 11.0. The molecule has 15 heteroatoms. The van der Waals surface area contributed by atoms with Gasteiger partial charge in [-0.25, -0.2) is 29.6 Å². The van der Waals surface area contributed by atoms with Crippen molar-refractivity contribution >= 4 is 40.8 Å². The summed E-state index contributed by atoms with van der Waals surface area (Å²) in [4.78, 5) is 25.9. The van der Waals surface area contributed by atoms with Crippen LogP contribution in [-0.4, -0.2) is 99.3 Å². The van der Waals surface area contributed by atoms with E-state index in [1.807, 2.05) is 13.8 Å². The molecule has 1 aromatic carbocycles. The van der Waals surface area contributed by atoms with Crippen molar-refractivity contribution in [2.45, 2.75) is 87.2 Å². The van der Waals surface area contributed by atoms with E-state index in [4.69, 9.17) is 4.74 Å². The minimum Gasteiger partial charge on any atom is -0.497 e. The van der Waals surface area contributed by atoms with E-state index in [2.05, 4.69) is 0 Å². The number of benzene rings is 1. The standard InChI is InChI=1S/C28H44N2O10S3/c1-20(2)17-30(42(36,37)24-12-10-23(40-5)11-13-24)19-22(31)14-15-29(18-21-8-6-7-9-21)43(38,39)26-25(32)16-28(3,4)41(34,35)27(26)33/h10-13,20-22,26,31H,6-9,14-19H2,1-5H3/t22-,26?/m0/s1. The van der Waals surface area contributed by atoms with Crippen LogP contribution >= 0.6 is 0 Å². The minimum absolute atomic E-state index is 0.00467. The Morgan fingerprint density at radius 1 is 1.00 bits per heavy atom. The second-order valence-corrected chi connectivity index (χ2v) is 19.0. The second kappa shape index (κ2) is 13.6. The third kappa shape index (κ3) is 7.85. The number of carbonyl (C=O) groups is 2. The third-order valence-corrected chi connectivity index (χ3v) is 14.6. The summed E-state index contributed by atoms with van der Waals surface area (Å²) in [6, 6.07) is 5.82. The SMILES string of the molecule is COc1ccc(S(=O)(=O)N(CC(C)C)C[C@@H](O)CCN(CC2CCCC2)S(=O)(=O)C2C(=O)CC(C)(C)S(=O)(=O)C2=O)cc1. The smallest absolute Gasteiger partial charge is 0.273 e. The molecule has 1 unspecified atom stereocenters. The van der Waals surface area contributed by atoms with Gasteiger partial charge in [-0.15, -0.1) is 0 Å². The third-order valence-electron chi connectivity index (χ3n) is 8.09. The zero-order chi connectivity index (χ0) is 32.4. The first-order chi connectivity index (χ1) is 19.8. The second-order valence-electron chi connectivity index (χ2n) is 12.5. The van der Waals surface area contributed by atoms with Crippen molar-refractivity contribution in [1.82, 2.24) is 8.61 Å². The number of sulfone groups is 1. The average Bonchev–Trinajstić information content (AvgIpc) is 3.42. The number of hydrogen-bond acceptors (Lipinski definition) is 10. The van der Waals surface area contributed by atoms with Crippen LogP contribution in [0.25, 0.3) is 0 Å². The van der Waals surface area contributed by atoms with Crippen molar-refractivity contribution in [3.8, 4) is 5.75 Å². The van der Waals surface area contributed by atoms with Crippen LogP contribution in [0.2, 0.25) is 0 Å². The summed E-state index contributed by atoms with van der Waals surface area (Å²) >= 11 is 0. The summed E-state index contributed by atoms with van der Waals surface area (Å²) < 4.78 is 85.6. The van der Waals surface area contributed by atoms with Crippen LogP contribution in [-0.2, 0) is 39.5 Å². The number of aliphatic hydroxyl groups is 1. The highest BCUT2D eigenvalue weighted by Gasteiger charge is 2.58. The van der Waals surface area contributed by atoms with Crippen LogP contribution in [0.3, 0.4) is 0 Å². The van der Waals surface area contributed by atoms with Gasteiger partial charge in [0.05, 0.1) is 22.9 Å². The molecule has 0 spiro atoms. The molecule has 12 nitrogen and oxygen atoms in total. The Kier molecular flexibility index (Phi) is 11.3. The van der Waals surface area contributed by atoms with E-state index in [1.165, 1.54) is 45.2 Å². The van der Waals surface area contributed by atoms with Gasteiger partial charge in [-0.05, 0) is 69.2 Å². The van der Waals surface area contributed by atoms with E-state index in [1.54, 1.807) is 0 Å². The zero-order valence-electron chi connectivity index (χ0n) is 25.4. The molecule has 43 heavy (non-hydrogen) atoms. The predicted octanol–water partition coefficient (Wildman–Crippen LogP) is 1.98. The van der Waals surface area contributed by atoms with E-state index in [0.29, 0.717) is 5.75 Å². The molecule has 1 saturated carbocycles. The Morgan fingerprint density at radius 3 is 2.12 bits per heavy atom. The van der Waals surface area contributed by atoms with E-state index in [9.17, 15) is 39.9 Å². The van der Waals surface area contributed by atoms with Crippen LogP contribution in [0.5, 0.6) is 5.75 Å². The Hall–Kier alpha value is -1.91. The van der Waals surface area contributed by atoms with Crippen molar-refractivity contribution in [3.05, 3.63) is 24.3 Å². The van der Waals surface area contributed by atoms with Crippen molar-refractivity contribution in [1.29, 1.82) is 0 Å². The normalized spacial score (nSPS) is 22.0. The highest BCUT2D eigenvalue weighted by Crippen LogP contribution is 2.34. The van der Waals surface area contributed by atoms with Gasteiger partial charge in [0, 0.05) is 32.6 Å². The van der Waals surface area contributed by atoms with Crippen molar-refractivity contribution in [2.75, 3.05) is 33.3 Å². The lowest BCUT2D eigenvalue weighted by molar-refractivity contribution is -0.124. The maximum Gasteiger partial charge on any atom is 0.273 e. The number of hydrogen-bond donors (Lipinski definition) is 1. The fourth-order valence-electron chi connectivity index (χ4n) is 5.59. The van der Waals surface area contributed by atoms with Crippen LogP contribution in [0.1, 0.15) is 66.2 Å². The van der Waals surface area contributed by atoms with Gasteiger partial charge in [-0.2, -0.15) is 4.31 Å². The zero-order valence-corrected chi connectivity index (χ0v) is 27.9. The monoisotopic (exact) mass is 664 g/mol. The lowest BCUT2D eigenvalue weighted by Gasteiger charge is -2.35. The Morgan fingerprint density at radius 2 is 1.58 bits per heavy atom. The maximum atomic E-state index is 13.8. The van der Waals surface area contributed by atoms with Gasteiger partial charge in [-0.1, -0.05) is 26.7 Å². The molecule has 0 aromatic heterocycles. The first-order valence-corrected chi connectivity index (χ1v) is 18.9. The predicted molar refractivity (Wildman–Crippen MR) is 161 cm³/mol. The molecule has 1 aliphatic carbocycles. The molecule has 2 atom stereocenters. The number of carbonyl (C=O) groups excluding carboxylic acids is 2. The molecule has 1 N–H and O–H groups in total. The lowest BCUT2D eigenvalue weighted by atomic mass is 10.0. The van der Waals surface area contributed by atoms with E-state index in [0.717, 1.165) is 34.3 Å². The lowest BCUT2D eigenvalue weighted by Crippen LogP contribution is -2.58. The first kappa shape index (κ1) is 35.6. The molecular weight excluding hydrogens is 621 g/mol. The molecule has 2 aliphatic rings. The van der Waals surface area contributed by atoms with Crippen molar-refractivity contribution in [2.24, 2.45) is 11.8 Å². The van der Waals surface area contributed by atoms with Gasteiger partial charge in [0.25, 0.3) is 5.12 Å². The van der Waals surface area contributed by atoms with Gasteiger partial charge >= 0.3 is 0 Å². The maximum absolute atomic E-state index is 13.8. The van der Waals surface area contributed by atoms with E-state index < -0.39 is 63.3 Å². The highest BCUT2D eigenvalue weighted by atomic mass is 32.2. The van der Waals surface area contributed by atoms with E-state index >= 15 is 0 Å². The molecule has 244 valence electrons. The number of sulfonamides is 2. The summed E-state index contributed by atoms with van der Waals surface area (Å²) in [6.07, 6.45) is 1.12. The molecule has 3 rings (SSSR count). The van der Waals surface area contributed by atoms with Gasteiger partial charge < -0.3 is 9.84 Å². The van der Waals surface area contributed by atoms with Crippen LogP contribution in [0.15, 0.2) is 29.2 Å². The van der Waals surface area contributed by atoms with Gasteiger partial charge in [0.15, 0.2) is 5.78 Å². The number of nitrogens with zero attached hydrogens (tertiary/aromatic N) is 2.